The summed E-state index contributed by atoms with van der Waals surface area (Å²) < 4.78 is 6.50. The van der Waals surface area contributed by atoms with Gasteiger partial charge in [-0.1, -0.05) is 6.92 Å². The fraction of sp³-hybridized carbons (Fsp3) is 0.692. The first-order chi connectivity index (χ1) is 9.96. The molecule has 0 fully saturated rings. The number of anilines is 1. The number of aromatic nitrogens is 2. The second-order valence-corrected chi connectivity index (χ2v) is 4.56. The van der Waals surface area contributed by atoms with Gasteiger partial charge in [-0.15, -0.1) is 0 Å². The van der Waals surface area contributed by atoms with Crippen LogP contribution in [-0.2, 0) is 16.1 Å². The van der Waals surface area contributed by atoms with Gasteiger partial charge in [0.25, 0.3) is 0 Å². The summed E-state index contributed by atoms with van der Waals surface area (Å²) in [5.41, 5.74) is 0.302. The Bertz CT molecular complexity index is 513. The SMILES string of the molecule is CCCN(CC(=O)OCC)c1c([N+](=O)[O-])c(C)nn1CC. The molecular weight excluding hydrogens is 276 g/mol. The molecule has 1 aromatic rings. The van der Waals surface area contributed by atoms with Gasteiger partial charge in [-0.2, -0.15) is 5.10 Å². The lowest BCUT2D eigenvalue weighted by Crippen LogP contribution is -2.33. The topological polar surface area (TPSA) is 90.5 Å². The Kier molecular flexibility index (Phi) is 6.13. The highest BCUT2D eigenvalue weighted by atomic mass is 16.6. The summed E-state index contributed by atoms with van der Waals surface area (Å²) in [6.07, 6.45) is 0.754. The highest BCUT2D eigenvalue weighted by molar-refractivity contribution is 5.77. The summed E-state index contributed by atoms with van der Waals surface area (Å²) in [6, 6.07) is 0. The molecule has 0 aliphatic carbocycles. The summed E-state index contributed by atoms with van der Waals surface area (Å²) in [5, 5.41) is 15.5. The highest BCUT2D eigenvalue weighted by Crippen LogP contribution is 2.31. The lowest BCUT2D eigenvalue weighted by Gasteiger charge is -2.22. The van der Waals surface area contributed by atoms with E-state index in [1.807, 2.05) is 13.8 Å². The standard InChI is InChI=1S/C13H22N4O4/c1-5-8-15(9-11(18)21-7-3)13-12(17(19)20)10(4)14-16(13)6-2/h5-9H2,1-4H3. The van der Waals surface area contributed by atoms with Crippen LogP contribution in [0.2, 0.25) is 0 Å². The molecule has 0 spiro atoms. The van der Waals surface area contributed by atoms with E-state index >= 15 is 0 Å². The first-order valence-electron chi connectivity index (χ1n) is 7.08. The molecule has 8 nitrogen and oxygen atoms in total. The van der Waals surface area contributed by atoms with Crippen LogP contribution in [0.5, 0.6) is 0 Å². The largest absolute Gasteiger partial charge is 0.465 e. The molecule has 0 amide bonds. The molecule has 0 saturated heterocycles. The summed E-state index contributed by atoms with van der Waals surface area (Å²) in [5.74, 6) is -0.0309. The number of nitro groups is 1. The summed E-state index contributed by atoms with van der Waals surface area (Å²) in [4.78, 5) is 24.2. The Hall–Kier alpha value is -2.12. The van der Waals surface area contributed by atoms with Crippen molar-refractivity contribution >= 4 is 17.5 Å². The molecule has 21 heavy (non-hydrogen) atoms. The van der Waals surface area contributed by atoms with E-state index < -0.39 is 10.9 Å². The average Bonchev–Trinajstić information content (AvgIpc) is 2.75. The molecule has 1 heterocycles. The van der Waals surface area contributed by atoms with Gasteiger partial charge in [0, 0.05) is 13.1 Å². The monoisotopic (exact) mass is 298 g/mol. The number of carbonyl (C=O) groups is 1. The van der Waals surface area contributed by atoms with Gasteiger partial charge in [0.15, 0.2) is 0 Å². The molecule has 8 heteroatoms. The third kappa shape index (κ3) is 3.93. The van der Waals surface area contributed by atoms with Crippen LogP contribution in [0.25, 0.3) is 0 Å². The van der Waals surface area contributed by atoms with Crippen LogP contribution in [-0.4, -0.2) is 40.4 Å². The van der Waals surface area contributed by atoms with Gasteiger partial charge >= 0.3 is 11.7 Å². The van der Waals surface area contributed by atoms with Gasteiger partial charge in [-0.05, 0) is 27.2 Å². The van der Waals surface area contributed by atoms with Crippen molar-refractivity contribution in [2.75, 3.05) is 24.6 Å². The molecular formula is C13H22N4O4. The normalized spacial score (nSPS) is 10.5. The number of hydrogen-bond acceptors (Lipinski definition) is 6. The second-order valence-electron chi connectivity index (χ2n) is 4.56. The third-order valence-electron chi connectivity index (χ3n) is 2.97. The molecule has 0 aliphatic rings. The molecule has 0 unspecified atom stereocenters. The van der Waals surface area contributed by atoms with E-state index in [4.69, 9.17) is 4.74 Å². The highest BCUT2D eigenvalue weighted by Gasteiger charge is 2.30. The molecule has 0 saturated carbocycles. The van der Waals surface area contributed by atoms with Crippen LogP contribution in [0, 0.1) is 17.0 Å². The summed E-state index contributed by atoms with van der Waals surface area (Å²) in [6.45, 7) is 8.41. The minimum Gasteiger partial charge on any atom is -0.465 e. The van der Waals surface area contributed by atoms with Crippen molar-refractivity contribution < 1.29 is 14.5 Å². The average molecular weight is 298 g/mol. The number of esters is 1. The molecule has 1 rings (SSSR count). The van der Waals surface area contributed by atoms with Gasteiger partial charge in [0.1, 0.15) is 12.2 Å². The van der Waals surface area contributed by atoms with Crippen LogP contribution in [0.4, 0.5) is 11.5 Å². The Balaban J connectivity index is 3.22. The number of aryl methyl sites for hydroxylation is 2. The van der Waals surface area contributed by atoms with Crippen LogP contribution < -0.4 is 4.90 Å². The van der Waals surface area contributed by atoms with Gasteiger partial charge in [-0.25, -0.2) is 4.68 Å². The van der Waals surface area contributed by atoms with E-state index in [0.29, 0.717) is 24.6 Å². The first-order valence-corrected chi connectivity index (χ1v) is 7.08. The Morgan fingerprint density at radius 3 is 2.57 bits per heavy atom. The second kappa shape index (κ2) is 7.61. The number of hydrogen-bond donors (Lipinski definition) is 0. The molecule has 0 atom stereocenters. The predicted molar refractivity (Wildman–Crippen MR) is 78.4 cm³/mol. The zero-order valence-corrected chi connectivity index (χ0v) is 13.0. The van der Waals surface area contributed by atoms with Crippen molar-refractivity contribution in [2.45, 2.75) is 40.7 Å². The van der Waals surface area contributed by atoms with Crippen LogP contribution in [0.15, 0.2) is 0 Å². The molecule has 0 N–H and O–H groups in total. The van der Waals surface area contributed by atoms with Crippen LogP contribution in [0.1, 0.15) is 32.9 Å². The van der Waals surface area contributed by atoms with Crippen molar-refractivity contribution in [1.82, 2.24) is 9.78 Å². The van der Waals surface area contributed by atoms with Gasteiger partial charge in [-0.3, -0.25) is 14.9 Å². The molecule has 0 aromatic carbocycles. The van der Waals surface area contributed by atoms with Gasteiger partial charge < -0.3 is 9.64 Å². The first kappa shape index (κ1) is 16.9. The molecule has 0 aliphatic heterocycles. The number of rotatable bonds is 8. The van der Waals surface area contributed by atoms with Crippen LogP contribution in [0.3, 0.4) is 0 Å². The zero-order chi connectivity index (χ0) is 16.0. The fourth-order valence-corrected chi connectivity index (χ4v) is 2.20. The molecule has 1 aromatic heterocycles. The minimum atomic E-state index is -0.447. The molecule has 118 valence electrons. The maximum Gasteiger partial charge on any atom is 0.333 e. The van der Waals surface area contributed by atoms with Crippen molar-refractivity contribution in [2.24, 2.45) is 0 Å². The van der Waals surface area contributed by atoms with Crippen molar-refractivity contribution in [3.8, 4) is 0 Å². The van der Waals surface area contributed by atoms with E-state index in [-0.39, 0.29) is 18.8 Å². The quantitative estimate of drug-likeness (QED) is 0.413. The zero-order valence-electron chi connectivity index (χ0n) is 13.0. The van der Waals surface area contributed by atoms with Gasteiger partial charge in [0.2, 0.25) is 5.82 Å². The van der Waals surface area contributed by atoms with E-state index in [2.05, 4.69) is 5.10 Å². The maximum absolute atomic E-state index is 11.7. The van der Waals surface area contributed by atoms with Crippen LogP contribution >= 0.6 is 0 Å². The number of nitrogens with zero attached hydrogens (tertiary/aromatic N) is 4. The number of ether oxygens (including phenoxy) is 1. The Labute approximate surface area is 123 Å². The van der Waals surface area contributed by atoms with Crippen molar-refractivity contribution in [3.63, 3.8) is 0 Å². The lowest BCUT2D eigenvalue weighted by molar-refractivity contribution is -0.384. The van der Waals surface area contributed by atoms with E-state index in [1.54, 1.807) is 23.4 Å². The predicted octanol–water partition coefficient (Wildman–Crippen LogP) is 1.90. The molecule has 0 bridgehead atoms. The molecule has 0 radical (unpaired) electrons. The lowest BCUT2D eigenvalue weighted by atomic mass is 10.3. The fourth-order valence-electron chi connectivity index (χ4n) is 2.20. The number of carbonyl (C=O) groups excluding carboxylic acids is 1. The smallest absolute Gasteiger partial charge is 0.333 e. The van der Waals surface area contributed by atoms with Gasteiger partial charge in [0.05, 0.1) is 11.5 Å². The Morgan fingerprint density at radius 2 is 2.10 bits per heavy atom. The third-order valence-corrected chi connectivity index (χ3v) is 2.97. The summed E-state index contributed by atoms with van der Waals surface area (Å²) in [7, 11) is 0. The van der Waals surface area contributed by atoms with Crippen molar-refractivity contribution in [1.29, 1.82) is 0 Å². The summed E-state index contributed by atoms with van der Waals surface area (Å²) >= 11 is 0. The minimum absolute atomic E-state index is 0.0202. The van der Waals surface area contributed by atoms with E-state index in [1.165, 1.54) is 0 Å². The van der Waals surface area contributed by atoms with E-state index in [0.717, 1.165) is 6.42 Å². The van der Waals surface area contributed by atoms with Crippen molar-refractivity contribution in [3.05, 3.63) is 15.8 Å². The maximum atomic E-state index is 11.7. The Morgan fingerprint density at radius 1 is 1.43 bits per heavy atom. The van der Waals surface area contributed by atoms with E-state index in [9.17, 15) is 14.9 Å².